The molecular formula is C12H16N2. The van der Waals surface area contributed by atoms with Gasteiger partial charge in [-0.05, 0) is 30.5 Å². The summed E-state index contributed by atoms with van der Waals surface area (Å²) in [6, 6.07) is 8.39. The maximum absolute atomic E-state index is 5.62. The van der Waals surface area contributed by atoms with Gasteiger partial charge in [-0.25, -0.2) is 0 Å². The minimum Gasteiger partial charge on any atom is -0.361 e. The lowest BCUT2D eigenvalue weighted by molar-refractivity contribution is 0.595. The average molecular weight is 188 g/mol. The average Bonchev–Trinajstić information content (AvgIpc) is 2.62. The predicted molar refractivity (Wildman–Crippen MR) is 60.2 cm³/mol. The molecule has 0 aliphatic carbocycles. The van der Waals surface area contributed by atoms with Gasteiger partial charge in [-0.15, -0.1) is 0 Å². The quantitative estimate of drug-likeness (QED) is 0.762. The number of hydrogen-bond acceptors (Lipinski definition) is 1. The van der Waals surface area contributed by atoms with Crippen LogP contribution in [0.4, 0.5) is 0 Å². The fraction of sp³-hybridized carbons (Fsp3) is 0.333. The maximum atomic E-state index is 5.62. The van der Waals surface area contributed by atoms with E-state index in [2.05, 4.69) is 42.4 Å². The monoisotopic (exact) mass is 188 g/mol. The largest absolute Gasteiger partial charge is 0.361 e. The van der Waals surface area contributed by atoms with E-state index in [-0.39, 0.29) is 0 Å². The summed E-state index contributed by atoms with van der Waals surface area (Å²) < 4.78 is 0. The highest BCUT2D eigenvalue weighted by Gasteiger charge is 2.06. The molecule has 1 aromatic heterocycles. The van der Waals surface area contributed by atoms with Crippen LogP contribution in [-0.4, -0.2) is 11.5 Å². The number of para-hydroxylation sites is 1. The molecule has 0 radical (unpaired) electrons. The molecule has 2 aromatic rings. The standard InChI is InChI=1S/C12H16N2/c1-9(7-13)6-10-8-14-12-5-3-2-4-11(10)12/h2-5,8-9,14H,6-7,13H2,1H3. The van der Waals surface area contributed by atoms with Gasteiger partial charge in [0, 0.05) is 17.1 Å². The third-order valence-corrected chi connectivity index (χ3v) is 2.65. The van der Waals surface area contributed by atoms with Gasteiger partial charge >= 0.3 is 0 Å². The summed E-state index contributed by atoms with van der Waals surface area (Å²) in [6.07, 6.45) is 3.15. The number of hydrogen-bond donors (Lipinski definition) is 2. The molecule has 2 rings (SSSR count). The number of aromatic nitrogens is 1. The lowest BCUT2D eigenvalue weighted by Gasteiger charge is -2.06. The van der Waals surface area contributed by atoms with E-state index in [1.54, 1.807) is 0 Å². The Morgan fingerprint density at radius 3 is 2.93 bits per heavy atom. The first-order chi connectivity index (χ1) is 6.81. The van der Waals surface area contributed by atoms with Crippen LogP contribution in [0, 0.1) is 5.92 Å². The molecule has 3 N–H and O–H groups in total. The van der Waals surface area contributed by atoms with Crippen LogP contribution in [-0.2, 0) is 6.42 Å². The van der Waals surface area contributed by atoms with Crippen molar-refractivity contribution in [1.29, 1.82) is 0 Å². The van der Waals surface area contributed by atoms with Crippen molar-refractivity contribution in [2.24, 2.45) is 11.7 Å². The van der Waals surface area contributed by atoms with Crippen molar-refractivity contribution in [3.8, 4) is 0 Å². The van der Waals surface area contributed by atoms with Crippen molar-refractivity contribution in [2.45, 2.75) is 13.3 Å². The predicted octanol–water partition coefficient (Wildman–Crippen LogP) is 2.31. The van der Waals surface area contributed by atoms with E-state index in [0.29, 0.717) is 5.92 Å². The minimum atomic E-state index is 0.550. The molecular weight excluding hydrogens is 172 g/mol. The van der Waals surface area contributed by atoms with Crippen molar-refractivity contribution >= 4 is 10.9 Å². The molecule has 1 atom stereocenters. The summed E-state index contributed by atoms with van der Waals surface area (Å²) in [4.78, 5) is 3.28. The highest BCUT2D eigenvalue weighted by Crippen LogP contribution is 2.20. The number of benzene rings is 1. The van der Waals surface area contributed by atoms with Crippen LogP contribution in [0.2, 0.25) is 0 Å². The highest BCUT2D eigenvalue weighted by atomic mass is 14.7. The fourth-order valence-electron chi connectivity index (χ4n) is 1.76. The number of nitrogens with one attached hydrogen (secondary N) is 1. The Morgan fingerprint density at radius 2 is 2.14 bits per heavy atom. The summed E-state index contributed by atoms with van der Waals surface area (Å²) in [5, 5.41) is 1.33. The topological polar surface area (TPSA) is 41.8 Å². The Balaban J connectivity index is 2.33. The van der Waals surface area contributed by atoms with Crippen LogP contribution in [0.3, 0.4) is 0 Å². The van der Waals surface area contributed by atoms with E-state index in [9.17, 15) is 0 Å². The van der Waals surface area contributed by atoms with Gasteiger partial charge in [0.05, 0.1) is 0 Å². The van der Waals surface area contributed by atoms with Gasteiger partial charge in [0.25, 0.3) is 0 Å². The molecule has 1 unspecified atom stereocenters. The second-order valence-corrected chi connectivity index (χ2v) is 3.90. The van der Waals surface area contributed by atoms with Crippen LogP contribution >= 0.6 is 0 Å². The van der Waals surface area contributed by atoms with Crippen LogP contribution in [0.5, 0.6) is 0 Å². The van der Waals surface area contributed by atoms with Gasteiger partial charge in [-0.1, -0.05) is 25.1 Å². The van der Waals surface area contributed by atoms with Crippen molar-refractivity contribution < 1.29 is 0 Å². The van der Waals surface area contributed by atoms with Crippen molar-refractivity contribution in [3.05, 3.63) is 36.0 Å². The molecule has 0 spiro atoms. The van der Waals surface area contributed by atoms with Gasteiger partial charge < -0.3 is 10.7 Å². The third-order valence-electron chi connectivity index (χ3n) is 2.65. The van der Waals surface area contributed by atoms with E-state index in [0.717, 1.165) is 13.0 Å². The third kappa shape index (κ3) is 1.66. The molecule has 0 bridgehead atoms. The van der Waals surface area contributed by atoms with Crippen LogP contribution in [0.1, 0.15) is 12.5 Å². The van der Waals surface area contributed by atoms with Crippen LogP contribution < -0.4 is 5.73 Å². The molecule has 2 heteroatoms. The fourth-order valence-corrected chi connectivity index (χ4v) is 1.76. The van der Waals surface area contributed by atoms with Gasteiger partial charge in [0.2, 0.25) is 0 Å². The molecule has 2 nitrogen and oxygen atoms in total. The Hall–Kier alpha value is -1.28. The molecule has 14 heavy (non-hydrogen) atoms. The maximum Gasteiger partial charge on any atom is 0.0456 e. The summed E-state index contributed by atoms with van der Waals surface area (Å²) in [5.74, 6) is 0.550. The molecule has 74 valence electrons. The summed E-state index contributed by atoms with van der Waals surface area (Å²) in [7, 11) is 0. The Kier molecular flexibility index (Phi) is 2.55. The molecule has 1 heterocycles. The number of H-pyrrole nitrogens is 1. The minimum absolute atomic E-state index is 0.550. The van der Waals surface area contributed by atoms with E-state index < -0.39 is 0 Å². The van der Waals surface area contributed by atoms with Crippen molar-refractivity contribution in [3.63, 3.8) is 0 Å². The zero-order valence-corrected chi connectivity index (χ0v) is 8.46. The summed E-state index contributed by atoms with van der Waals surface area (Å²) in [6.45, 7) is 2.93. The van der Waals surface area contributed by atoms with Gasteiger partial charge in [0.1, 0.15) is 0 Å². The molecule has 0 saturated heterocycles. The van der Waals surface area contributed by atoms with Gasteiger partial charge in [-0.2, -0.15) is 0 Å². The van der Waals surface area contributed by atoms with E-state index in [1.165, 1.54) is 16.5 Å². The Morgan fingerprint density at radius 1 is 1.36 bits per heavy atom. The van der Waals surface area contributed by atoms with Crippen LogP contribution in [0.25, 0.3) is 10.9 Å². The second-order valence-electron chi connectivity index (χ2n) is 3.90. The smallest absolute Gasteiger partial charge is 0.0456 e. The first kappa shape index (κ1) is 9.28. The lowest BCUT2D eigenvalue weighted by atomic mass is 10.0. The molecule has 0 fully saturated rings. The van der Waals surface area contributed by atoms with Crippen molar-refractivity contribution in [2.75, 3.05) is 6.54 Å². The number of rotatable bonds is 3. The number of nitrogens with two attached hydrogens (primary N) is 1. The number of fused-ring (bicyclic) bond motifs is 1. The molecule has 0 saturated carbocycles. The summed E-state index contributed by atoms with van der Waals surface area (Å²) >= 11 is 0. The molecule has 1 aromatic carbocycles. The zero-order chi connectivity index (χ0) is 9.97. The first-order valence-electron chi connectivity index (χ1n) is 5.06. The molecule has 0 aliphatic rings. The van der Waals surface area contributed by atoms with E-state index >= 15 is 0 Å². The van der Waals surface area contributed by atoms with E-state index in [4.69, 9.17) is 5.73 Å². The number of aromatic amines is 1. The Labute approximate surface area is 84.1 Å². The first-order valence-corrected chi connectivity index (χ1v) is 5.06. The van der Waals surface area contributed by atoms with Crippen molar-refractivity contribution in [1.82, 2.24) is 4.98 Å². The Bertz CT molecular complexity index is 417. The zero-order valence-electron chi connectivity index (χ0n) is 8.46. The van der Waals surface area contributed by atoms with E-state index in [1.807, 2.05) is 0 Å². The normalized spacial score (nSPS) is 13.3. The SMILES string of the molecule is CC(CN)Cc1c[nH]c2ccccc12. The van der Waals surface area contributed by atoms with Gasteiger partial charge in [-0.3, -0.25) is 0 Å². The molecule has 0 amide bonds. The second kappa shape index (κ2) is 3.84. The van der Waals surface area contributed by atoms with Gasteiger partial charge in [0.15, 0.2) is 0 Å². The van der Waals surface area contributed by atoms with Crippen LogP contribution in [0.15, 0.2) is 30.5 Å². The summed E-state index contributed by atoms with van der Waals surface area (Å²) in [5.41, 5.74) is 8.21. The molecule has 0 aliphatic heterocycles. The lowest BCUT2D eigenvalue weighted by Crippen LogP contribution is -2.12. The highest BCUT2D eigenvalue weighted by molar-refractivity contribution is 5.83.